The number of benzene rings is 1. The Labute approximate surface area is 92.3 Å². The number of ether oxygens (including phenoxy) is 2. The van der Waals surface area contributed by atoms with Gasteiger partial charge < -0.3 is 9.47 Å². The third kappa shape index (κ3) is 2.03. The van der Waals surface area contributed by atoms with Crippen molar-refractivity contribution in [3.05, 3.63) is 23.8 Å². The quantitative estimate of drug-likeness (QED) is 0.758. The smallest absolute Gasteiger partial charge is 0.162 e. The highest BCUT2D eigenvalue weighted by molar-refractivity contribution is 9.09. The fourth-order valence-corrected chi connectivity index (χ4v) is 2.00. The first-order valence-corrected chi connectivity index (χ1v) is 5.88. The highest BCUT2D eigenvalue weighted by Gasteiger charge is 2.19. The minimum atomic E-state index is 0.184. The van der Waals surface area contributed by atoms with Crippen LogP contribution < -0.4 is 9.47 Å². The van der Waals surface area contributed by atoms with Crippen LogP contribution in [0.1, 0.15) is 12.0 Å². The molecule has 1 heterocycles. The Morgan fingerprint density at radius 3 is 3.07 bits per heavy atom. The second-order valence-corrected chi connectivity index (χ2v) is 4.27. The van der Waals surface area contributed by atoms with Crippen LogP contribution in [-0.4, -0.2) is 18.0 Å². The number of fused-ring (bicyclic) bond motifs is 1. The summed E-state index contributed by atoms with van der Waals surface area (Å²) >= 11 is 3.40. The fraction of sp³-hybridized carbons (Fsp3) is 0.455. The minimum absolute atomic E-state index is 0.184. The first kappa shape index (κ1) is 9.84. The van der Waals surface area contributed by atoms with Gasteiger partial charge >= 0.3 is 0 Å². The van der Waals surface area contributed by atoms with Gasteiger partial charge in [0, 0.05) is 5.33 Å². The van der Waals surface area contributed by atoms with Crippen LogP contribution in [0.25, 0.3) is 0 Å². The van der Waals surface area contributed by atoms with Gasteiger partial charge in [-0.2, -0.15) is 0 Å². The van der Waals surface area contributed by atoms with E-state index in [9.17, 15) is 0 Å². The maximum absolute atomic E-state index is 5.80. The molecule has 0 amide bonds. The monoisotopic (exact) mass is 256 g/mol. The number of halogens is 1. The zero-order valence-electron chi connectivity index (χ0n) is 8.13. The molecule has 1 atom stereocenters. The van der Waals surface area contributed by atoms with Crippen LogP contribution in [0, 0.1) is 6.92 Å². The second kappa shape index (κ2) is 4.22. The molecule has 0 N–H and O–H groups in total. The Morgan fingerprint density at radius 2 is 2.29 bits per heavy atom. The van der Waals surface area contributed by atoms with Gasteiger partial charge in [-0.15, -0.1) is 0 Å². The van der Waals surface area contributed by atoms with Crippen LogP contribution >= 0.6 is 15.9 Å². The number of aryl methyl sites for hydroxylation is 1. The van der Waals surface area contributed by atoms with Gasteiger partial charge in [-0.1, -0.05) is 22.0 Å². The van der Waals surface area contributed by atoms with Gasteiger partial charge in [-0.05, 0) is 31.0 Å². The van der Waals surface area contributed by atoms with E-state index >= 15 is 0 Å². The van der Waals surface area contributed by atoms with Crippen LogP contribution in [-0.2, 0) is 0 Å². The van der Waals surface area contributed by atoms with Crippen LogP contribution in [0.3, 0.4) is 0 Å². The average Bonchev–Trinajstić information content (AvgIpc) is 2.17. The summed E-state index contributed by atoms with van der Waals surface area (Å²) in [6.45, 7) is 2.71. The van der Waals surface area contributed by atoms with E-state index in [-0.39, 0.29) is 6.10 Å². The Kier molecular flexibility index (Phi) is 2.96. The predicted octanol–water partition coefficient (Wildman–Crippen LogP) is 2.92. The molecule has 1 unspecified atom stereocenters. The van der Waals surface area contributed by atoms with E-state index in [1.807, 2.05) is 18.2 Å². The third-order valence-corrected chi connectivity index (χ3v) is 2.71. The Bertz CT molecular complexity index is 325. The molecule has 0 aliphatic carbocycles. The molecule has 0 saturated heterocycles. The summed E-state index contributed by atoms with van der Waals surface area (Å²) in [5.41, 5.74) is 1.20. The predicted molar refractivity (Wildman–Crippen MR) is 59.5 cm³/mol. The number of alkyl halides is 1. The topological polar surface area (TPSA) is 18.5 Å². The van der Waals surface area contributed by atoms with E-state index in [0.29, 0.717) is 6.61 Å². The summed E-state index contributed by atoms with van der Waals surface area (Å²) in [6, 6.07) is 6.03. The fourth-order valence-electron chi connectivity index (χ4n) is 1.49. The molecular formula is C11H13BrO2. The summed E-state index contributed by atoms with van der Waals surface area (Å²) < 4.78 is 11.4. The van der Waals surface area contributed by atoms with E-state index < -0.39 is 0 Å². The van der Waals surface area contributed by atoms with Crippen LogP contribution in [0.15, 0.2) is 18.2 Å². The molecule has 2 nitrogen and oxygen atoms in total. The summed E-state index contributed by atoms with van der Waals surface area (Å²) in [6.07, 6.45) is 1.16. The molecule has 0 spiro atoms. The zero-order chi connectivity index (χ0) is 9.97. The lowest BCUT2D eigenvalue weighted by Crippen LogP contribution is -2.29. The molecule has 0 saturated carbocycles. The number of hydrogen-bond acceptors (Lipinski definition) is 2. The standard InChI is InChI=1S/C11H13BrO2/c1-8-2-3-10-11(6-8)14-9(4-5-12)7-13-10/h2-3,6,9H,4-5,7H2,1H3. The molecule has 1 aromatic carbocycles. The van der Waals surface area contributed by atoms with Gasteiger partial charge in [-0.3, -0.25) is 0 Å². The molecule has 14 heavy (non-hydrogen) atoms. The summed E-state index contributed by atoms with van der Waals surface area (Å²) in [5.74, 6) is 1.74. The van der Waals surface area contributed by atoms with Crippen molar-refractivity contribution in [1.29, 1.82) is 0 Å². The molecule has 1 aliphatic heterocycles. The van der Waals surface area contributed by atoms with Gasteiger partial charge in [0.25, 0.3) is 0 Å². The van der Waals surface area contributed by atoms with Gasteiger partial charge in [-0.25, -0.2) is 0 Å². The number of rotatable bonds is 2. The minimum Gasteiger partial charge on any atom is -0.486 e. The molecule has 3 heteroatoms. The van der Waals surface area contributed by atoms with Gasteiger partial charge in [0.15, 0.2) is 11.5 Å². The van der Waals surface area contributed by atoms with E-state index in [1.54, 1.807) is 0 Å². The largest absolute Gasteiger partial charge is 0.486 e. The summed E-state index contributed by atoms with van der Waals surface area (Å²) in [7, 11) is 0. The lowest BCUT2D eigenvalue weighted by molar-refractivity contribution is 0.0894. The van der Waals surface area contributed by atoms with Crippen molar-refractivity contribution in [1.82, 2.24) is 0 Å². The third-order valence-electron chi connectivity index (χ3n) is 2.25. The molecule has 2 rings (SSSR count). The van der Waals surface area contributed by atoms with E-state index in [0.717, 1.165) is 23.2 Å². The van der Waals surface area contributed by atoms with Crippen molar-refractivity contribution < 1.29 is 9.47 Å². The Hall–Kier alpha value is -0.700. The molecule has 76 valence electrons. The van der Waals surface area contributed by atoms with E-state index in [4.69, 9.17) is 9.47 Å². The van der Waals surface area contributed by atoms with Crippen molar-refractivity contribution in [2.24, 2.45) is 0 Å². The summed E-state index contributed by atoms with van der Waals surface area (Å²) in [5, 5.41) is 0.947. The van der Waals surface area contributed by atoms with Crippen molar-refractivity contribution in [2.75, 3.05) is 11.9 Å². The molecule has 0 aromatic heterocycles. The first-order chi connectivity index (χ1) is 6.79. The van der Waals surface area contributed by atoms with Crippen LogP contribution in [0.5, 0.6) is 11.5 Å². The molecule has 1 aliphatic rings. The number of hydrogen-bond donors (Lipinski definition) is 0. The van der Waals surface area contributed by atoms with Crippen molar-refractivity contribution >= 4 is 15.9 Å². The van der Waals surface area contributed by atoms with Crippen LogP contribution in [0.2, 0.25) is 0 Å². The molecule has 1 aromatic rings. The second-order valence-electron chi connectivity index (χ2n) is 3.48. The average molecular weight is 257 g/mol. The zero-order valence-corrected chi connectivity index (χ0v) is 9.71. The van der Waals surface area contributed by atoms with E-state index in [2.05, 4.69) is 22.9 Å². The van der Waals surface area contributed by atoms with Crippen molar-refractivity contribution in [3.8, 4) is 11.5 Å². The maximum atomic E-state index is 5.80. The van der Waals surface area contributed by atoms with Crippen LogP contribution in [0.4, 0.5) is 0 Å². The van der Waals surface area contributed by atoms with Crippen molar-refractivity contribution in [3.63, 3.8) is 0 Å². The SMILES string of the molecule is Cc1ccc2c(c1)OC(CCBr)CO2. The highest BCUT2D eigenvalue weighted by Crippen LogP contribution is 2.32. The first-order valence-electron chi connectivity index (χ1n) is 4.75. The molecule has 0 radical (unpaired) electrons. The van der Waals surface area contributed by atoms with Gasteiger partial charge in [0.1, 0.15) is 12.7 Å². The van der Waals surface area contributed by atoms with Gasteiger partial charge in [0.05, 0.1) is 0 Å². The van der Waals surface area contributed by atoms with Crippen molar-refractivity contribution in [2.45, 2.75) is 19.4 Å². The highest BCUT2D eigenvalue weighted by atomic mass is 79.9. The normalized spacial score (nSPS) is 19.4. The summed E-state index contributed by atoms with van der Waals surface area (Å²) in [4.78, 5) is 0. The lowest BCUT2D eigenvalue weighted by atomic mass is 10.2. The molecule has 0 fully saturated rings. The lowest BCUT2D eigenvalue weighted by Gasteiger charge is -2.26. The Balaban J connectivity index is 2.16. The van der Waals surface area contributed by atoms with E-state index in [1.165, 1.54) is 5.56 Å². The maximum Gasteiger partial charge on any atom is 0.162 e. The molecular weight excluding hydrogens is 244 g/mol. The van der Waals surface area contributed by atoms with Gasteiger partial charge in [0.2, 0.25) is 0 Å². The molecule has 0 bridgehead atoms. The Morgan fingerprint density at radius 1 is 1.43 bits per heavy atom.